The average molecular weight is 377 g/mol. The lowest BCUT2D eigenvalue weighted by atomic mass is 10.1. The molecular weight excluding hydrogens is 353 g/mol. The van der Waals surface area contributed by atoms with Crippen LogP contribution in [0.15, 0.2) is 60.7 Å². The molecule has 6 heteroatoms. The molecule has 144 valence electrons. The van der Waals surface area contributed by atoms with Crippen LogP contribution in [0.4, 0.5) is 16.2 Å². The van der Waals surface area contributed by atoms with Gasteiger partial charge in [-0.3, -0.25) is 0 Å². The third-order valence-electron chi connectivity index (χ3n) is 5.00. The highest BCUT2D eigenvalue weighted by Gasteiger charge is 2.17. The molecule has 0 amide bonds. The largest absolute Gasteiger partial charge is 0.354 e. The number of hydrogen-bond donors (Lipinski definition) is 1. The molecule has 0 radical (unpaired) electrons. The Morgan fingerprint density at radius 1 is 0.929 bits per heavy atom. The zero-order valence-corrected chi connectivity index (χ0v) is 16.0. The lowest BCUT2D eigenvalue weighted by molar-refractivity contribution is 0.312. The van der Waals surface area contributed by atoms with E-state index in [9.17, 15) is 4.39 Å². The number of halogens is 1. The fourth-order valence-corrected chi connectivity index (χ4v) is 3.28. The van der Waals surface area contributed by atoms with E-state index in [1.54, 1.807) is 12.1 Å². The number of nitrogens with zero attached hydrogens (tertiary/aromatic N) is 4. The van der Waals surface area contributed by atoms with Crippen molar-refractivity contribution in [1.29, 1.82) is 0 Å². The molecule has 0 bridgehead atoms. The van der Waals surface area contributed by atoms with Crippen molar-refractivity contribution >= 4 is 11.8 Å². The van der Waals surface area contributed by atoms with Crippen molar-refractivity contribution in [3.8, 4) is 11.3 Å². The van der Waals surface area contributed by atoms with Gasteiger partial charge in [0.15, 0.2) is 0 Å². The quantitative estimate of drug-likeness (QED) is 0.735. The summed E-state index contributed by atoms with van der Waals surface area (Å²) in [7, 11) is 2.13. The van der Waals surface area contributed by atoms with Crippen molar-refractivity contribution in [3.63, 3.8) is 0 Å². The van der Waals surface area contributed by atoms with Crippen LogP contribution in [0, 0.1) is 5.82 Å². The number of anilines is 2. The number of likely N-dealkylation sites (N-methyl/N-ethyl adjacent to an activating group) is 1. The van der Waals surface area contributed by atoms with Crippen molar-refractivity contribution in [2.24, 2.45) is 0 Å². The van der Waals surface area contributed by atoms with Crippen molar-refractivity contribution in [2.45, 2.75) is 6.54 Å². The van der Waals surface area contributed by atoms with Gasteiger partial charge in [0, 0.05) is 49.9 Å². The van der Waals surface area contributed by atoms with Gasteiger partial charge in [-0.15, -0.1) is 0 Å². The summed E-state index contributed by atoms with van der Waals surface area (Å²) in [4.78, 5) is 14.0. The molecule has 1 aliphatic rings. The molecule has 5 nitrogen and oxygen atoms in total. The predicted molar refractivity (Wildman–Crippen MR) is 111 cm³/mol. The van der Waals surface area contributed by atoms with E-state index in [0.717, 1.165) is 43.3 Å². The first-order valence-corrected chi connectivity index (χ1v) is 9.54. The van der Waals surface area contributed by atoms with Crippen LogP contribution in [-0.2, 0) is 6.54 Å². The van der Waals surface area contributed by atoms with Crippen LogP contribution in [0.1, 0.15) is 5.56 Å². The Bertz CT molecular complexity index is 923. The lowest BCUT2D eigenvalue weighted by Gasteiger charge is -2.33. The summed E-state index contributed by atoms with van der Waals surface area (Å²) in [6.45, 7) is 4.20. The molecule has 4 rings (SSSR count). The Hall–Kier alpha value is -2.99. The first-order chi connectivity index (χ1) is 13.7. The van der Waals surface area contributed by atoms with Crippen LogP contribution in [0.2, 0.25) is 0 Å². The average Bonchev–Trinajstić information content (AvgIpc) is 2.74. The molecule has 28 heavy (non-hydrogen) atoms. The molecular formula is C22H24FN5. The fourth-order valence-electron chi connectivity index (χ4n) is 3.28. The maximum Gasteiger partial charge on any atom is 0.225 e. The van der Waals surface area contributed by atoms with Crippen molar-refractivity contribution in [1.82, 2.24) is 14.9 Å². The fraction of sp³-hybridized carbons (Fsp3) is 0.273. The Labute approximate surface area is 164 Å². The second-order valence-electron chi connectivity index (χ2n) is 7.04. The van der Waals surface area contributed by atoms with E-state index in [-0.39, 0.29) is 5.82 Å². The van der Waals surface area contributed by atoms with Gasteiger partial charge in [-0.25, -0.2) is 9.37 Å². The molecule has 3 aromatic rings. The van der Waals surface area contributed by atoms with Gasteiger partial charge in [0.1, 0.15) is 11.6 Å². The van der Waals surface area contributed by atoms with Gasteiger partial charge in [-0.05, 0) is 13.1 Å². The topological polar surface area (TPSA) is 44.3 Å². The highest BCUT2D eigenvalue weighted by atomic mass is 19.1. The monoisotopic (exact) mass is 377 g/mol. The van der Waals surface area contributed by atoms with Crippen LogP contribution in [0.5, 0.6) is 0 Å². The summed E-state index contributed by atoms with van der Waals surface area (Å²) < 4.78 is 13.9. The third-order valence-corrected chi connectivity index (χ3v) is 5.00. The number of benzene rings is 2. The SMILES string of the molecule is CN1CCN(c2cc(-c3ccccc3)nc(NCc3ccccc3F)n2)CC1. The standard InChI is InChI=1S/C22H24FN5/c1-27-11-13-28(14-12-27)21-15-20(17-7-3-2-4-8-17)25-22(26-21)24-16-18-9-5-6-10-19(18)23/h2-10,15H,11-14,16H2,1H3,(H,24,25,26). The van der Waals surface area contributed by atoms with Crippen molar-refractivity contribution < 1.29 is 4.39 Å². The Balaban J connectivity index is 1.63. The smallest absolute Gasteiger partial charge is 0.225 e. The van der Waals surface area contributed by atoms with E-state index in [1.807, 2.05) is 42.5 Å². The summed E-state index contributed by atoms with van der Waals surface area (Å²) in [5.74, 6) is 1.19. The summed E-state index contributed by atoms with van der Waals surface area (Å²) >= 11 is 0. The van der Waals surface area contributed by atoms with Gasteiger partial charge in [0.05, 0.1) is 5.69 Å². The van der Waals surface area contributed by atoms with Crippen molar-refractivity contribution in [3.05, 3.63) is 72.0 Å². The van der Waals surface area contributed by atoms with Crippen LogP contribution in [-0.4, -0.2) is 48.1 Å². The van der Waals surface area contributed by atoms with Crippen LogP contribution >= 0.6 is 0 Å². The van der Waals surface area contributed by atoms with Gasteiger partial charge >= 0.3 is 0 Å². The normalized spacial score (nSPS) is 14.9. The number of piperazine rings is 1. The number of hydrogen-bond acceptors (Lipinski definition) is 5. The zero-order chi connectivity index (χ0) is 19.3. The maximum absolute atomic E-state index is 13.9. The van der Waals surface area contributed by atoms with E-state index in [4.69, 9.17) is 4.98 Å². The summed E-state index contributed by atoms with van der Waals surface area (Å²) in [6.07, 6.45) is 0. The van der Waals surface area contributed by atoms with E-state index in [1.165, 1.54) is 6.07 Å². The lowest BCUT2D eigenvalue weighted by Crippen LogP contribution is -2.44. The van der Waals surface area contributed by atoms with E-state index in [0.29, 0.717) is 18.1 Å². The molecule has 1 aliphatic heterocycles. The van der Waals surface area contributed by atoms with Crippen LogP contribution in [0.25, 0.3) is 11.3 Å². The third kappa shape index (κ3) is 4.28. The Kier molecular flexibility index (Phi) is 5.48. The zero-order valence-electron chi connectivity index (χ0n) is 16.0. The van der Waals surface area contributed by atoms with E-state index in [2.05, 4.69) is 27.1 Å². The second kappa shape index (κ2) is 8.35. The maximum atomic E-state index is 13.9. The molecule has 1 fully saturated rings. The highest BCUT2D eigenvalue weighted by molar-refractivity contribution is 5.65. The molecule has 0 saturated carbocycles. The van der Waals surface area contributed by atoms with Crippen LogP contribution < -0.4 is 10.2 Å². The van der Waals surface area contributed by atoms with Gasteiger partial charge < -0.3 is 15.1 Å². The first-order valence-electron chi connectivity index (χ1n) is 9.54. The molecule has 0 atom stereocenters. The summed E-state index contributed by atoms with van der Waals surface area (Å²) in [5.41, 5.74) is 2.49. The molecule has 0 unspecified atom stereocenters. The van der Waals surface area contributed by atoms with Gasteiger partial charge in [0.25, 0.3) is 0 Å². The van der Waals surface area contributed by atoms with Gasteiger partial charge in [-0.2, -0.15) is 4.98 Å². The van der Waals surface area contributed by atoms with Gasteiger partial charge in [-0.1, -0.05) is 48.5 Å². The molecule has 1 saturated heterocycles. The number of nitrogens with one attached hydrogen (secondary N) is 1. The van der Waals surface area contributed by atoms with Crippen LogP contribution in [0.3, 0.4) is 0 Å². The minimum atomic E-state index is -0.228. The number of rotatable bonds is 5. The molecule has 0 spiro atoms. The van der Waals surface area contributed by atoms with Crippen molar-refractivity contribution in [2.75, 3.05) is 43.4 Å². The minimum Gasteiger partial charge on any atom is -0.354 e. The summed E-state index contributed by atoms with van der Waals surface area (Å²) in [5, 5.41) is 3.20. The van der Waals surface area contributed by atoms with E-state index < -0.39 is 0 Å². The Morgan fingerprint density at radius 3 is 2.39 bits per heavy atom. The molecule has 1 N–H and O–H groups in total. The minimum absolute atomic E-state index is 0.228. The molecule has 0 aliphatic carbocycles. The predicted octanol–water partition coefficient (Wildman–Crippen LogP) is 3.65. The number of aromatic nitrogens is 2. The highest BCUT2D eigenvalue weighted by Crippen LogP contribution is 2.24. The van der Waals surface area contributed by atoms with Gasteiger partial charge in [0.2, 0.25) is 5.95 Å². The summed E-state index contributed by atoms with van der Waals surface area (Å²) in [6, 6.07) is 18.9. The molecule has 1 aromatic heterocycles. The first kappa shape index (κ1) is 18.4. The molecule has 2 heterocycles. The van der Waals surface area contributed by atoms with E-state index >= 15 is 0 Å². The Morgan fingerprint density at radius 2 is 1.64 bits per heavy atom. The second-order valence-corrected chi connectivity index (χ2v) is 7.04. The molecule has 2 aromatic carbocycles.